The van der Waals surface area contributed by atoms with E-state index in [0.29, 0.717) is 0 Å². The smallest absolute Gasteiger partial charge is 0 e. The summed E-state index contributed by atoms with van der Waals surface area (Å²) in [4.78, 5) is 0. The molecular formula is C4KN4Ni. The van der Waals surface area contributed by atoms with E-state index in [1.54, 1.807) is 0 Å². The van der Waals surface area contributed by atoms with Gasteiger partial charge in [-0.05, 0) is 0 Å². The number of nitriles is 4. The molecule has 0 amide bonds. The van der Waals surface area contributed by atoms with Crippen molar-refractivity contribution in [3.63, 3.8) is 0 Å². The average molecular weight is 202 g/mol. The quantitative estimate of drug-likeness (QED) is 0.503. The molecule has 0 atom stereocenters. The van der Waals surface area contributed by atoms with Gasteiger partial charge in [-0.2, -0.15) is 0 Å². The topological polar surface area (TPSA) is 95.2 Å². The molecule has 0 aliphatic rings. The fourth-order valence-corrected chi connectivity index (χ4v) is 0.391. The van der Waals surface area contributed by atoms with Crippen LogP contribution in [0.25, 0.3) is 0 Å². The van der Waals surface area contributed by atoms with Gasteiger partial charge in [0, 0.05) is 51.4 Å². The second-order valence-electron chi connectivity index (χ2n) is 0.757. The maximum absolute atomic E-state index is 8.10. The number of hydrogen-bond donors (Lipinski definition) is 0. The van der Waals surface area contributed by atoms with Gasteiger partial charge in [0.1, 0.15) is 0 Å². The summed E-state index contributed by atoms with van der Waals surface area (Å²) in [6, 6.07) is 0. The first-order valence-corrected chi connectivity index (χ1v) is 3.50. The molecule has 1 radical (unpaired) electrons. The number of hydrogen-bond acceptors (Lipinski definition) is 4. The van der Waals surface area contributed by atoms with Crippen LogP contribution in [0.3, 0.4) is 0 Å². The Kier molecular flexibility index (Phi) is 7.44. The van der Waals surface area contributed by atoms with Crippen LogP contribution in [0.2, 0.25) is 0 Å². The Bertz CT molecular complexity index is 210. The van der Waals surface area contributed by atoms with Crippen LogP contribution in [0.4, 0.5) is 0 Å². The van der Waals surface area contributed by atoms with E-state index in [4.69, 9.17) is 21.0 Å². The third kappa shape index (κ3) is 2.78. The Labute approximate surface area is 103 Å². The number of nitrogens with zero attached hydrogens (tertiary/aromatic N) is 4. The van der Waals surface area contributed by atoms with E-state index in [0.717, 1.165) is 0 Å². The van der Waals surface area contributed by atoms with E-state index < -0.39 is 12.4 Å². The average Bonchev–Trinajstić information content (AvgIpc) is 1.95. The predicted octanol–water partition coefficient (Wildman–Crippen LogP) is -0.316. The van der Waals surface area contributed by atoms with Crippen molar-refractivity contribution in [1.29, 1.82) is 21.0 Å². The zero-order valence-corrected chi connectivity index (χ0v) is 9.22. The van der Waals surface area contributed by atoms with Gasteiger partial charge in [-0.25, -0.2) is 0 Å². The van der Waals surface area contributed by atoms with Crippen LogP contribution in [0.5, 0.6) is 0 Å². The molecule has 10 heavy (non-hydrogen) atoms. The molecule has 0 aliphatic heterocycles. The Morgan fingerprint density at radius 2 is 0.900 bits per heavy atom. The zero-order chi connectivity index (χ0) is 7.33. The van der Waals surface area contributed by atoms with Gasteiger partial charge in [-0.3, -0.25) is 0 Å². The van der Waals surface area contributed by atoms with Gasteiger partial charge in [-0.15, -0.1) is 0 Å². The van der Waals surface area contributed by atoms with E-state index in [1.165, 1.54) is 20.2 Å². The van der Waals surface area contributed by atoms with Gasteiger partial charge in [0.15, 0.2) is 0 Å². The molecular weight excluding hydrogens is 202 g/mol. The molecule has 0 aromatic carbocycles. The van der Waals surface area contributed by atoms with Crippen LogP contribution in [-0.4, -0.2) is 51.4 Å². The second kappa shape index (κ2) is 5.84. The van der Waals surface area contributed by atoms with Gasteiger partial charge in [-0.1, -0.05) is 0 Å². The van der Waals surface area contributed by atoms with Crippen LogP contribution in [0.1, 0.15) is 0 Å². The molecule has 6 heteroatoms. The van der Waals surface area contributed by atoms with Crippen molar-refractivity contribution in [1.82, 2.24) is 0 Å². The Balaban J connectivity index is 0. The molecule has 0 saturated carbocycles. The van der Waals surface area contributed by atoms with Gasteiger partial charge >= 0.3 is 53.6 Å². The van der Waals surface area contributed by atoms with Crippen molar-refractivity contribution in [2.75, 3.05) is 0 Å². The van der Waals surface area contributed by atoms with Gasteiger partial charge in [0.25, 0.3) is 0 Å². The summed E-state index contributed by atoms with van der Waals surface area (Å²) in [5, 5.41) is 37.9. The van der Waals surface area contributed by atoms with E-state index in [1.807, 2.05) is 0 Å². The SMILES string of the molecule is N#[C][Ni]([C]#N)([C]#N)[C]#N.[K]. The maximum Gasteiger partial charge on any atom is 0 e. The summed E-state index contributed by atoms with van der Waals surface area (Å²) in [6.07, 6.45) is 0. The van der Waals surface area contributed by atoms with Crippen LogP contribution in [-0.2, 0) is 12.4 Å². The fraction of sp³-hybridized carbons (Fsp3) is 0. The van der Waals surface area contributed by atoms with E-state index in [2.05, 4.69) is 0 Å². The van der Waals surface area contributed by atoms with Crippen LogP contribution in [0, 0.1) is 41.2 Å². The van der Waals surface area contributed by atoms with Crippen LogP contribution < -0.4 is 0 Å². The molecule has 0 fully saturated rings. The molecule has 4 nitrogen and oxygen atoms in total. The molecule has 0 aliphatic carbocycles. The first-order chi connectivity index (χ1) is 4.24. The van der Waals surface area contributed by atoms with Crippen molar-refractivity contribution in [2.24, 2.45) is 0 Å². The molecule has 0 aromatic rings. The first kappa shape index (κ1) is 12.7. The standard InChI is InChI=1S/4CN.K.Ni/c4*1-2;;. The summed E-state index contributed by atoms with van der Waals surface area (Å²) in [5.74, 6) is 0. The monoisotopic (exact) mass is 201 g/mol. The fourth-order valence-electron chi connectivity index (χ4n) is 0.0949. The molecule has 0 heterocycles. The third-order valence-corrected chi connectivity index (χ3v) is 1.75. The van der Waals surface area contributed by atoms with Gasteiger partial charge in [0.05, 0.1) is 0 Å². The zero-order valence-electron chi connectivity index (χ0n) is 5.11. The minimum Gasteiger partial charge on any atom is 0 e. The normalized spacial score (nSPS) is 8.40. The third-order valence-electron chi connectivity index (χ3n) is 0.424. The van der Waals surface area contributed by atoms with Crippen molar-refractivity contribution in [3.05, 3.63) is 0 Å². The van der Waals surface area contributed by atoms with Crippen LogP contribution >= 0.6 is 0 Å². The van der Waals surface area contributed by atoms with E-state index in [-0.39, 0.29) is 51.4 Å². The summed E-state index contributed by atoms with van der Waals surface area (Å²) < 4.78 is 0. The second-order valence-corrected chi connectivity index (χ2v) is 3.12. The van der Waals surface area contributed by atoms with Crippen molar-refractivity contribution in [2.45, 2.75) is 0 Å². The summed E-state index contributed by atoms with van der Waals surface area (Å²) >= 11 is -3.03. The minimum atomic E-state index is -3.03. The van der Waals surface area contributed by atoms with E-state index >= 15 is 0 Å². The first-order valence-electron chi connectivity index (χ1n) is 1.53. The van der Waals surface area contributed by atoms with Gasteiger partial charge in [0.2, 0.25) is 0 Å². The van der Waals surface area contributed by atoms with Crippen molar-refractivity contribution in [3.8, 4) is 20.2 Å². The number of rotatable bonds is 0. The largest absolute Gasteiger partial charge is 0 e. The molecule has 0 bridgehead atoms. The Hall–Kier alpha value is 0.0899. The van der Waals surface area contributed by atoms with Crippen molar-refractivity contribution < 1.29 is 12.4 Å². The molecule has 0 unspecified atom stereocenters. The van der Waals surface area contributed by atoms with Gasteiger partial charge < -0.3 is 0 Å². The molecule has 0 saturated heterocycles. The predicted molar refractivity (Wildman–Crippen MR) is 28.2 cm³/mol. The minimum absolute atomic E-state index is 0. The summed E-state index contributed by atoms with van der Waals surface area (Å²) in [6.45, 7) is 0. The maximum atomic E-state index is 8.10. The van der Waals surface area contributed by atoms with Crippen LogP contribution in [0.15, 0.2) is 0 Å². The molecule has 0 rings (SSSR count). The molecule has 0 spiro atoms. The van der Waals surface area contributed by atoms with E-state index in [9.17, 15) is 0 Å². The summed E-state index contributed by atoms with van der Waals surface area (Å²) in [7, 11) is 0. The Morgan fingerprint density at radius 1 is 0.700 bits per heavy atom. The Morgan fingerprint density at radius 3 is 0.900 bits per heavy atom. The van der Waals surface area contributed by atoms with Crippen molar-refractivity contribution >= 4 is 51.4 Å². The molecule has 0 aromatic heterocycles. The molecule has 0 N–H and O–H groups in total. The molecule has 47 valence electrons. The summed E-state index contributed by atoms with van der Waals surface area (Å²) in [5.41, 5.74) is 0.